The minimum atomic E-state index is -0.661. The summed E-state index contributed by atoms with van der Waals surface area (Å²) in [4.78, 5) is 4.67. The average molecular weight is 1050 g/mol. The van der Waals surface area contributed by atoms with E-state index in [1.807, 2.05) is 109 Å². The molecule has 8 heteroatoms. The predicted molar refractivity (Wildman–Crippen MR) is 334 cm³/mol. The molecule has 0 radical (unpaired) electrons. The van der Waals surface area contributed by atoms with Gasteiger partial charge in [-0.05, 0) is 71.6 Å². The molecule has 0 fully saturated rings. The number of nitriles is 1. The van der Waals surface area contributed by atoms with Gasteiger partial charge in [-0.3, -0.25) is 0 Å². The smallest absolute Gasteiger partial charge is 0.237 e. The van der Waals surface area contributed by atoms with Crippen molar-refractivity contribution in [1.29, 1.82) is 5.26 Å². The summed E-state index contributed by atoms with van der Waals surface area (Å²) < 4.78 is 111. The van der Waals surface area contributed by atoms with Crippen molar-refractivity contribution < 1.29 is 18.1 Å². The van der Waals surface area contributed by atoms with E-state index in [9.17, 15) is 22.8 Å². The van der Waals surface area contributed by atoms with Crippen molar-refractivity contribution in [3.63, 3.8) is 0 Å². The summed E-state index contributed by atoms with van der Waals surface area (Å²) in [5.41, 5.74) is 4.67. The van der Waals surface area contributed by atoms with E-state index in [1.54, 1.807) is 11.3 Å². The molecule has 0 unspecified atom stereocenters. The highest BCUT2D eigenvalue weighted by Gasteiger charge is 2.36. The van der Waals surface area contributed by atoms with Crippen LogP contribution in [0.3, 0.4) is 0 Å². The summed E-state index contributed by atoms with van der Waals surface area (Å²) in [5.74, 6) is 0. The van der Waals surface area contributed by atoms with Crippen LogP contribution >= 0.6 is 11.3 Å². The van der Waals surface area contributed by atoms with Gasteiger partial charge in [0.25, 0.3) is 0 Å². The minimum absolute atomic E-state index is 0.127. The number of para-hydroxylation sites is 6. The van der Waals surface area contributed by atoms with Gasteiger partial charge in [-0.25, -0.2) is 4.85 Å². The quantitative estimate of drug-likeness (QED) is 0.165. The number of hydrogen-bond donors (Lipinski definition) is 0. The molecule has 0 aliphatic carbocycles. The van der Waals surface area contributed by atoms with E-state index >= 15 is 0 Å². The van der Waals surface area contributed by atoms with Gasteiger partial charge in [0.1, 0.15) is 11.7 Å². The Balaban J connectivity index is 1.24. The van der Waals surface area contributed by atoms with E-state index in [0.717, 1.165) is 69.1 Å². The van der Waals surface area contributed by atoms with Gasteiger partial charge >= 0.3 is 0 Å². The molecule has 0 saturated carbocycles. The average Bonchev–Trinajstić information content (AvgIpc) is 1.48. The maximum atomic E-state index is 13.0. The Labute approximate surface area is 475 Å². The monoisotopic (exact) mass is 1050 g/mol. The fourth-order valence-corrected chi connectivity index (χ4v) is 14.1. The SMILES string of the molecule is [2H]c1c([2H])c([2H])c2c(oc3c2c([2H])c([2H])c2c4c([2H])c([2H])c([2H])c([2H])c4n(-c4c(C#N)c(-n5c6ccccc6c6ccccc65)c(-n5c6ccc(C(C)(C)C)cc6c6ccc7c8ccccc8sc7c65)c(-n5c6ccccc6c6ccccc65)c4[N+]#[C-])c32)c1[2H]. The third-order valence-corrected chi connectivity index (χ3v) is 17.4. The number of fused-ring (bicyclic) bond motifs is 20. The molecule has 0 aliphatic heterocycles. The summed E-state index contributed by atoms with van der Waals surface area (Å²) in [7, 11) is 0. The van der Waals surface area contributed by atoms with Gasteiger partial charge in [0.15, 0.2) is 5.58 Å². The minimum Gasteiger partial charge on any atom is -0.454 e. The molecule has 0 bridgehead atoms. The van der Waals surface area contributed by atoms with E-state index < -0.39 is 60.4 Å². The van der Waals surface area contributed by atoms with E-state index in [1.165, 1.54) is 4.57 Å². The molecule has 17 rings (SSSR count). The first-order chi connectivity index (χ1) is 43.5. The summed E-state index contributed by atoms with van der Waals surface area (Å²) >= 11 is 1.65. The molecule has 0 saturated heterocycles. The predicted octanol–water partition coefficient (Wildman–Crippen LogP) is 20.1. The number of rotatable bonds is 4. The number of thiophene rings is 1. The molecular formula is C72H44N6OS. The second-order valence-electron chi connectivity index (χ2n) is 21.4. The highest BCUT2D eigenvalue weighted by Crippen LogP contribution is 2.54. The van der Waals surface area contributed by atoms with Crippen molar-refractivity contribution in [3.05, 3.63) is 235 Å². The second-order valence-corrected chi connectivity index (χ2v) is 22.4. The molecule has 11 aromatic carbocycles. The Bertz CT molecular complexity index is 6060. The molecular weight excluding hydrogens is 997 g/mol. The molecule has 0 atom stereocenters. The summed E-state index contributed by atoms with van der Waals surface area (Å²) in [6.45, 7) is 16.6. The van der Waals surface area contributed by atoms with Crippen LogP contribution in [0.2, 0.25) is 0 Å². The number of furan rings is 1. The van der Waals surface area contributed by atoms with Crippen molar-refractivity contribution in [2.45, 2.75) is 26.2 Å². The van der Waals surface area contributed by atoms with Crippen molar-refractivity contribution >= 4 is 146 Å². The van der Waals surface area contributed by atoms with E-state index in [2.05, 4.69) is 87.9 Å². The second kappa shape index (κ2) is 16.1. The van der Waals surface area contributed by atoms with Crippen LogP contribution in [0.5, 0.6) is 0 Å². The highest BCUT2D eigenvalue weighted by molar-refractivity contribution is 7.26. The van der Waals surface area contributed by atoms with Crippen LogP contribution in [0.1, 0.15) is 45.6 Å². The zero-order chi connectivity index (χ0) is 62.0. The van der Waals surface area contributed by atoms with Gasteiger partial charge in [0.05, 0.1) is 97.4 Å². The van der Waals surface area contributed by atoms with Gasteiger partial charge < -0.3 is 22.7 Å². The maximum absolute atomic E-state index is 13.0. The zero-order valence-corrected chi connectivity index (χ0v) is 43.8. The Morgan fingerprint density at radius 3 is 1.68 bits per heavy atom. The van der Waals surface area contributed by atoms with Crippen LogP contribution in [-0.2, 0) is 5.41 Å². The topological polar surface area (TPSA) is 61.0 Å². The highest BCUT2D eigenvalue weighted by atomic mass is 32.1. The van der Waals surface area contributed by atoms with Crippen LogP contribution in [0.4, 0.5) is 5.69 Å². The lowest BCUT2D eigenvalue weighted by Gasteiger charge is -2.27. The molecule has 80 heavy (non-hydrogen) atoms. The third kappa shape index (κ3) is 5.79. The summed E-state index contributed by atoms with van der Waals surface area (Å²) in [5, 5.41) is 19.5. The van der Waals surface area contributed by atoms with Gasteiger partial charge in [-0.2, -0.15) is 5.26 Å². The van der Waals surface area contributed by atoms with Crippen molar-refractivity contribution in [1.82, 2.24) is 18.3 Å². The van der Waals surface area contributed by atoms with E-state index in [4.69, 9.17) is 7.16 Å². The molecule has 17 aromatic rings. The Hall–Kier alpha value is -10.4. The fraction of sp³-hybridized carbons (Fsp3) is 0.0556. The van der Waals surface area contributed by atoms with Gasteiger partial charge in [0.2, 0.25) is 5.69 Å². The molecule has 0 aliphatic rings. The first-order valence-corrected chi connectivity index (χ1v) is 27.0. The number of hydrogen-bond acceptors (Lipinski definition) is 3. The summed E-state index contributed by atoms with van der Waals surface area (Å²) in [6, 6.07) is 47.6. The first-order valence-electron chi connectivity index (χ1n) is 31.2. The molecule has 0 spiro atoms. The number of nitrogens with zero attached hydrogens (tertiary/aromatic N) is 6. The molecule has 0 amide bonds. The lowest BCUT2D eigenvalue weighted by molar-refractivity contribution is 0.591. The van der Waals surface area contributed by atoms with Crippen molar-refractivity contribution in [3.8, 4) is 28.8 Å². The number of benzene rings is 11. The zero-order valence-electron chi connectivity index (χ0n) is 52.9. The molecule has 6 heterocycles. The van der Waals surface area contributed by atoms with Crippen LogP contribution in [-0.4, -0.2) is 18.3 Å². The lowest BCUT2D eigenvalue weighted by Crippen LogP contribution is -2.15. The van der Waals surface area contributed by atoms with E-state index in [0.29, 0.717) is 27.8 Å². The number of aromatic nitrogens is 4. The maximum Gasteiger partial charge on any atom is 0.237 e. The van der Waals surface area contributed by atoms with E-state index in [-0.39, 0.29) is 77.5 Å². The molecule has 374 valence electrons. The normalized spacial score (nSPS) is 14.2. The third-order valence-electron chi connectivity index (χ3n) is 16.3. The van der Waals surface area contributed by atoms with Gasteiger partial charge in [-0.1, -0.05) is 172 Å². The molecule has 0 N–H and O–H groups in total. The van der Waals surface area contributed by atoms with Crippen LogP contribution in [0, 0.1) is 17.9 Å². The van der Waals surface area contributed by atoms with Gasteiger partial charge in [-0.15, -0.1) is 11.3 Å². The first kappa shape index (κ1) is 35.9. The Kier molecular flexibility index (Phi) is 7.21. The standard InChI is InChI=1S/C72H44N6OS/c1-72(2,3)41-33-38-60-53(39-41)50-35-37-52-48-25-11-18-32-62(48)80-71(52)67(50)78(60)69-65(75-55-26-12-5-19-42(55)43-20-6-13-27-56(43)75)54(40-73)64(63(74-4)68(69)76-57-28-14-7-21-44(57)45-22-8-15-29-58(45)76)77-59-30-16-9-23-46(59)49-34-36-51-47-24-10-17-31-61(47)79-70(51)66(49)77/h5-39H,1-3H3/i9D,10D,16D,17D,23D,24D,30D,31D,34D,36D. The summed E-state index contributed by atoms with van der Waals surface area (Å²) in [6.07, 6.45) is 0. The molecule has 6 aromatic heterocycles. The Morgan fingerprint density at radius 1 is 0.475 bits per heavy atom. The van der Waals surface area contributed by atoms with Crippen molar-refractivity contribution in [2.24, 2.45) is 0 Å². The lowest BCUT2D eigenvalue weighted by atomic mass is 9.86. The fourth-order valence-electron chi connectivity index (χ4n) is 12.9. The van der Waals surface area contributed by atoms with Crippen molar-refractivity contribution in [2.75, 3.05) is 0 Å². The van der Waals surface area contributed by atoms with Crippen LogP contribution in [0.15, 0.2) is 217 Å². The van der Waals surface area contributed by atoms with Crippen LogP contribution < -0.4 is 0 Å². The Morgan fingerprint density at radius 2 is 1.02 bits per heavy atom. The molecule has 7 nitrogen and oxygen atoms in total. The van der Waals surface area contributed by atoms with Crippen LogP contribution in [0.25, 0.3) is 157 Å². The van der Waals surface area contributed by atoms with Gasteiger partial charge in [0, 0.05) is 69.3 Å². The largest absolute Gasteiger partial charge is 0.454 e.